The maximum atomic E-state index is 12.8. The summed E-state index contributed by atoms with van der Waals surface area (Å²) in [5.41, 5.74) is 2.88. The Morgan fingerprint density at radius 3 is 2.65 bits per heavy atom. The number of carbonyl (C=O) groups excluding carboxylic acids is 1. The van der Waals surface area contributed by atoms with Gasteiger partial charge in [0.15, 0.2) is 0 Å². The largest absolute Gasteiger partial charge is 0.412 e. The summed E-state index contributed by atoms with van der Waals surface area (Å²) < 4.78 is 5.59. The summed E-state index contributed by atoms with van der Waals surface area (Å²) in [5, 5.41) is 7.93. The van der Waals surface area contributed by atoms with Crippen LogP contribution in [-0.4, -0.2) is 22.1 Å². The number of amides is 1. The molecular formula is C18H15N3O2. The van der Waals surface area contributed by atoms with Crippen LogP contribution in [0, 0.1) is 0 Å². The van der Waals surface area contributed by atoms with Crippen molar-refractivity contribution in [1.82, 2.24) is 10.2 Å². The van der Waals surface area contributed by atoms with E-state index in [2.05, 4.69) is 10.2 Å². The van der Waals surface area contributed by atoms with Gasteiger partial charge < -0.3 is 9.32 Å². The highest BCUT2D eigenvalue weighted by atomic mass is 16.4. The number of hydrogen-bond donors (Lipinski definition) is 0. The summed E-state index contributed by atoms with van der Waals surface area (Å²) in [6.45, 7) is 2.02. The van der Waals surface area contributed by atoms with Crippen molar-refractivity contribution in [3.05, 3.63) is 66.1 Å². The minimum Gasteiger partial charge on any atom is -0.412 e. The molecule has 0 aliphatic carbocycles. The standard InChI is InChI=1S/C18H15N3O2/c1-12-11-14-9-5-6-10-15(14)21(12)18(22)17-20-19-16(23-17)13-7-3-2-4-8-13/h2-10,12H,11H2,1H3. The topological polar surface area (TPSA) is 59.2 Å². The molecule has 0 N–H and O–H groups in total. The molecule has 114 valence electrons. The van der Waals surface area contributed by atoms with Crippen molar-refractivity contribution in [2.24, 2.45) is 0 Å². The van der Waals surface area contributed by atoms with Gasteiger partial charge in [-0.2, -0.15) is 0 Å². The molecule has 0 saturated carbocycles. The fraction of sp³-hybridized carbons (Fsp3) is 0.167. The molecule has 2 aromatic carbocycles. The Morgan fingerprint density at radius 1 is 1.09 bits per heavy atom. The van der Waals surface area contributed by atoms with E-state index in [1.807, 2.05) is 61.5 Å². The number of carbonyl (C=O) groups is 1. The van der Waals surface area contributed by atoms with Gasteiger partial charge in [0.25, 0.3) is 0 Å². The van der Waals surface area contributed by atoms with Gasteiger partial charge in [-0.3, -0.25) is 4.79 Å². The van der Waals surface area contributed by atoms with E-state index in [0.29, 0.717) is 5.89 Å². The highest BCUT2D eigenvalue weighted by Gasteiger charge is 2.34. The van der Waals surface area contributed by atoms with E-state index < -0.39 is 0 Å². The monoisotopic (exact) mass is 305 g/mol. The lowest BCUT2D eigenvalue weighted by molar-refractivity contribution is 0.0948. The lowest BCUT2D eigenvalue weighted by Crippen LogP contribution is -2.35. The van der Waals surface area contributed by atoms with Crippen molar-refractivity contribution in [2.45, 2.75) is 19.4 Å². The summed E-state index contributed by atoms with van der Waals surface area (Å²) in [5.74, 6) is 0.124. The number of aromatic nitrogens is 2. The maximum Gasteiger partial charge on any atom is 0.316 e. The molecule has 0 fully saturated rings. The summed E-state index contributed by atoms with van der Waals surface area (Å²) in [7, 11) is 0. The van der Waals surface area contributed by atoms with Crippen LogP contribution in [0.3, 0.4) is 0 Å². The second-order valence-corrected chi connectivity index (χ2v) is 5.64. The second-order valence-electron chi connectivity index (χ2n) is 5.64. The summed E-state index contributed by atoms with van der Waals surface area (Å²) in [4.78, 5) is 14.5. The number of nitrogens with zero attached hydrogens (tertiary/aromatic N) is 3. The first-order valence-corrected chi connectivity index (χ1v) is 7.54. The van der Waals surface area contributed by atoms with Crippen molar-refractivity contribution in [3.63, 3.8) is 0 Å². The van der Waals surface area contributed by atoms with E-state index in [1.165, 1.54) is 0 Å². The van der Waals surface area contributed by atoms with Crippen molar-refractivity contribution in [2.75, 3.05) is 4.90 Å². The van der Waals surface area contributed by atoms with E-state index in [4.69, 9.17) is 4.42 Å². The zero-order valence-corrected chi connectivity index (χ0v) is 12.6. The van der Waals surface area contributed by atoms with E-state index >= 15 is 0 Å². The molecule has 1 atom stereocenters. The summed E-state index contributed by atoms with van der Waals surface area (Å²) >= 11 is 0. The van der Waals surface area contributed by atoms with Gasteiger partial charge in [-0.25, -0.2) is 0 Å². The Labute approximate surface area is 133 Å². The van der Waals surface area contributed by atoms with Gasteiger partial charge in [0.05, 0.1) is 0 Å². The van der Waals surface area contributed by atoms with Crippen molar-refractivity contribution < 1.29 is 9.21 Å². The maximum absolute atomic E-state index is 12.8. The van der Waals surface area contributed by atoms with Crippen LogP contribution in [0.15, 0.2) is 59.0 Å². The lowest BCUT2D eigenvalue weighted by atomic mass is 10.1. The second kappa shape index (κ2) is 5.35. The number of fused-ring (bicyclic) bond motifs is 1. The fourth-order valence-corrected chi connectivity index (χ4v) is 2.99. The Morgan fingerprint density at radius 2 is 1.83 bits per heavy atom. The summed E-state index contributed by atoms with van der Waals surface area (Å²) in [6.07, 6.45) is 0.835. The van der Waals surface area contributed by atoms with Gasteiger partial charge in [0.2, 0.25) is 5.89 Å². The van der Waals surface area contributed by atoms with Crippen LogP contribution in [0.2, 0.25) is 0 Å². The summed E-state index contributed by atoms with van der Waals surface area (Å²) in [6, 6.07) is 17.4. The van der Waals surface area contributed by atoms with Crippen molar-refractivity contribution in [1.29, 1.82) is 0 Å². The molecule has 1 aromatic heterocycles. The van der Waals surface area contributed by atoms with Crippen LogP contribution in [0.1, 0.15) is 23.2 Å². The predicted molar refractivity (Wildman–Crippen MR) is 86.2 cm³/mol. The van der Waals surface area contributed by atoms with Gasteiger partial charge in [-0.1, -0.05) is 36.4 Å². The first-order chi connectivity index (χ1) is 11.2. The predicted octanol–water partition coefficient (Wildman–Crippen LogP) is 3.33. The molecule has 2 heterocycles. The van der Waals surface area contributed by atoms with Crippen molar-refractivity contribution >= 4 is 11.6 Å². The smallest absolute Gasteiger partial charge is 0.316 e. The van der Waals surface area contributed by atoms with Crippen LogP contribution in [0.4, 0.5) is 5.69 Å². The molecule has 1 amide bonds. The Balaban J connectivity index is 1.67. The molecule has 3 aromatic rings. The molecule has 0 radical (unpaired) electrons. The SMILES string of the molecule is CC1Cc2ccccc2N1C(=O)c1nnc(-c2ccccc2)o1. The van der Waals surface area contributed by atoms with Crippen LogP contribution >= 0.6 is 0 Å². The quantitative estimate of drug-likeness (QED) is 0.728. The van der Waals surface area contributed by atoms with E-state index in [-0.39, 0.29) is 17.8 Å². The first kappa shape index (κ1) is 13.7. The number of hydrogen-bond acceptors (Lipinski definition) is 4. The minimum absolute atomic E-state index is 0.0207. The average molecular weight is 305 g/mol. The third-order valence-corrected chi connectivity index (χ3v) is 4.05. The number of benzene rings is 2. The molecule has 23 heavy (non-hydrogen) atoms. The Hall–Kier alpha value is -2.95. The molecule has 0 saturated heterocycles. The van der Waals surface area contributed by atoms with Crippen molar-refractivity contribution in [3.8, 4) is 11.5 Å². The highest BCUT2D eigenvalue weighted by molar-refractivity contribution is 6.04. The Bertz CT molecular complexity index is 857. The van der Waals surface area contributed by atoms with Gasteiger partial charge in [-0.15, -0.1) is 10.2 Å². The lowest BCUT2D eigenvalue weighted by Gasteiger charge is -2.20. The number of anilines is 1. The molecule has 1 aliphatic rings. The molecule has 5 heteroatoms. The number of para-hydroxylation sites is 1. The average Bonchev–Trinajstić information content (AvgIpc) is 3.19. The normalized spacial score (nSPS) is 16.4. The van der Waals surface area contributed by atoms with E-state index in [1.54, 1.807) is 4.90 Å². The van der Waals surface area contributed by atoms with Gasteiger partial charge in [0, 0.05) is 17.3 Å². The van der Waals surface area contributed by atoms with Crippen LogP contribution in [0.5, 0.6) is 0 Å². The minimum atomic E-state index is -0.253. The molecular weight excluding hydrogens is 290 g/mol. The zero-order chi connectivity index (χ0) is 15.8. The molecule has 1 aliphatic heterocycles. The molecule has 4 rings (SSSR count). The van der Waals surface area contributed by atoms with Crippen LogP contribution in [-0.2, 0) is 6.42 Å². The van der Waals surface area contributed by atoms with Crippen LogP contribution < -0.4 is 4.90 Å². The Kier molecular flexibility index (Phi) is 3.19. The van der Waals surface area contributed by atoms with E-state index in [9.17, 15) is 4.79 Å². The third kappa shape index (κ3) is 2.30. The molecule has 0 bridgehead atoms. The fourth-order valence-electron chi connectivity index (χ4n) is 2.99. The van der Waals surface area contributed by atoms with Gasteiger partial charge >= 0.3 is 11.8 Å². The first-order valence-electron chi connectivity index (χ1n) is 7.54. The molecule has 1 unspecified atom stereocenters. The van der Waals surface area contributed by atoms with Gasteiger partial charge in [-0.05, 0) is 37.1 Å². The number of rotatable bonds is 2. The molecule has 5 nitrogen and oxygen atoms in total. The van der Waals surface area contributed by atoms with Crippen LogP contribution in [0.25, 0.3) is 11.5 Å². The van der Waals surface area contributed by atoms with E-state index in [0.717, 1.165) is 23.2 Å². The highest BCUT2D eigenvalue weighted by Crippen LogP contribution is 2.33. The van der Waals surface area contributed by atoms with Gasteiger partial charge in [0.1, 0.15) is 0 Å². The zero-order valence-electron chi connectivity index (χ0n) is 12.6. The third-order valence-electron chi connectivity index (χ3n) is 4.05. The molecule has 0 spiro atoms.